The standard InChI is InChI=1S/C13H14F3NO2S/c14-13(15,16)19-11-3-1-2-9(6-11)12(18)7-10-8-20-5-4-17-10/h1-3,6,10,17H,4-5,7-8H2. The number of ketones is 1. The number of halogens is 3. The minimum atomic E-state index is -4.75. The summed E-state index contributed by atoms with van der Waals surface area (Å²) in [7, 11) is 0. The number of Topliss-reactive ketones (excluding diaryl/α,β-unsaturated/α-hetero) is 1. The van der Waals surface area contributed by atoms with E-state index >= 15 is 0 Å². The minimum absolute atomic E-state index is 0.0773. The lowest BCUT2D eigenvalue weighted by atomic mass is 10.0. The molecule has 1 fully saturated rings. The summed E-state index contributed by atoms with van der Waals surface area (Å²) in [6, 6.07) is 5.28. The molecule has 1 aliphatic rings. The van der Waals surface area contributed by atoms with Crippen LogP contribution in [0, 0.1) is 0 Å². The van der Waals surface area contributed by atoms with Crippen molar-refractivity contribution >= 4 is 17.5 Å². The third-order valence-electron chi connectivity index (χ3n) is 2.82. The average Bonchev–Trinajstić information content (AvgIpc) is 2.38. The Morgan fingerprint density at radius 3 is 2.90 bits per heavy atom. The lowest BCUT2D eigenvalue weighted by molar-refractivity contribution is -0.274. The highest BCUT2D eigenvalue weighted by Gasteiger charge is 2.31. The molecule has 20 heavy (non-hydrogen) atoms. The minimum Gasteiger partial charge on any atom is -0.406 e. The molecule has 1 aliphatic heterocycles. The van der Waals surface area contributed by atoms with Crippen molar-refractivity contribution in [2.45, 2.75) is 18.8 Å². The number of alkyl halides is 3. The van der Waals surface area contributed by atoms with E-state index in [0.717, 1.165) is 24.1 Å². The van der Waals surface area contributed by atoms with E-state index in [4.69, 9.17) is 0 Å². The summed E-state index contributed by atoms with van der Waals surface area (Å²) in [6.07, 6.45) is -4.47. The second-order valence-electron chi connectivity index (χ2n) is 4.43. The molecule has 1 heterocycles. The van der Waals surface area contributed by atoms with E-state index < -0.39 is 6.36 Å². The quantitative estimate of drug-likeness (QED) is 0.868. The zero-order valence-corrected chi connectivity index (χ0v) is 11.4. The summed E-state index contributed by atoms with van der Waals surface area (Å²) in [5, 5.41) is 3.22. The first-order chi connectivity index (χ1) is 9.44. The first-order valence-electron chi connectivity index (χ1n) is 6.14. The molecule has 2 rings (SSSR count). The van der Waals surface area contributed by atoms with Gasteiger partial charge < -0.3 is 10.1 Å². The lowest BCUT2D eigenvalue weighted by Crippen LogP contribution is -2.38. The fourth-order valence-electron chi connectivity index (χ4n) is 1.96. The van der Waals surface area contributed by atoms with Crippen molar-refractivity contribution in [3.63, 3.8) is 0 Å². The zero-order valence-electron chi connectivity index (χ0n) is 10.6. The molecule has 0 bridgehead atoms. The lowest BCUT2D eigenvalue weighted by Gasteiger charge is -2.22. The van der Waals surface area contributed by atoms with E-state index in [-0.39, 0.29) is 29.6 Å². The summed E-state index contributed by atoms with van der Waals surface area (Å²) in [4.78, 5) is 12.0. The third-order valence-corrected chi connectivity index (χ3v) is 3.95. The topological polar surface area (TPSA) is 38.3 Å². The van der Waals surface area contributed by atoms with Crippen LogP contribution in [0.15, 0.2) is 24.3 Å². The van der Waals surface area contributed by atoms with Gasteiger partial charge in [0.25, 0.3) is 0 Å². The summed E-state index contributed by atoms with van der Waals surface area (Å²) >= 11 is 1.76. The highest BCUT2D eigenvalue weighted by atomic mass is 32.2. The first kappa shape index (κ1) is 15.2. The third kappa shape index (κ3) is 4.72. The number of carbonyl (C=O) groups is 1. The van der Waals surface area contributed by atoms with Gasteiger partial charge in [-0.2, -0.15) is 11.8 Å². The Morgan fingerprint density at radius 2 is 2.25 bits per heavy atom. The van der Waals surface area contributed by atoms with Gasteiger partial charge in [-0.3, -0.25) is 4.79 Å². The van der Waals surface area contributed by atoms with Gasteiger partial charge in [0.1, 0.15) is 5.75 Å². The van der Waals surface area contributed by atoms with Crippen LogP contribution in [0.3, 0.4) is 0 Å². The monoisotopic (exact) mass is 305 g/mol. The number of hydrogen-bond acceptors (Lipinski definition) is 4. The molecule has 1 aromatic rings. The largest absolute Gasteiger partial charge is 0.573 e. The molecule has 1 atom stereocenters. The van der Waals surface area contributed by atoms with E-state index in [1.807, 2.05) is 0 Å². The second kappa shape index (κ2) is 6.49. The first-order valence-corrected chi connectivity index (χ1v) is 7.30. The average molecular weight is 305 g/mol. The van der Waals surface area contributed by atoms with Crippen LogP contribution in [0.1, 0.15) is 16.8 Å². The Hall–Kier alpha value is -1.21. The van der Waals surface area contributed by atoms with Crippen LogP contribution in [0.2, 0.25) is 0 Å². The molecule has 0 spiro atoms. The van der Waals surface area contributed by atoms with Crippen molar-refractivity contribution < 1.29 is 22.7 Å². The van der Waals surface area contributed by atoms with Crippen molar-refractivity contribution in [1.29, 1.82) is 0 Å². The maximum Gasteiger partial charge on any atom is 0.573 e. The Morgan fingerprint density at radius 1 is 1.45 bits per heavy atom. The predicted molar refractivity (Wildman–Crippen MR) is 71.2 cm³/mol. The van der Waals surface area contributed by atoms with Gasteiger partial charge in [0.2, 0.25) is 0 Å². The van der Waals surface area contributed by atoms with Crippen LogP contribution >= 0.6 is 11.8 Å². The Balaban J connectivity index is 2.00. The maximum atomic E-state index is 12.1. The smallest absolute Gasteiger partial charge is 0.406 e. The van der Waals surface area contributed by atoms with Gasteiger partial charge in [-0.25, -0.2) is 0 Å². The molecule has 0 aliphatic carbocycles. The van der Waals surface area contributed by atoms with Gasteiger partial charge in [-0.15, -0.1) is 13.2 Å². The molecule has 0 radical (unpaired) electrons. The summed E-state index contributed by atoms with van der Waals surface area (Å²) < 4.78 is 40.2. The number of thioether (sulfide) groups is 1. The molecule has 7 heteroatoms. The summed E-state index contributed by atoms with van der Waals surface area (Å²) in [5.41, 5.74) is 0.240. The highest BCUT2D eigenvalue weighted by molar-refractivity contribution is 7.99. The zero-order chi connectivity index (χ0) is 14.6. The SMILES string of the molecule is O=C(CC1CSCCN1)c1cccc(OC(F)(F)F)c1. The van der Waals surface area contributed by atoms with Gasteiger partial charge in [-0.05, 0) is 12.1 Å². The molecule has 1 aromatic carbocycles. The second-order valence-corrected chi connectivity index (χ2v) is 5.58. The molecule has 0 amide bonds. The van der Waals surface area contributed by atoms with Gasteiger partial charge in [0, 0.05) is 36.1 Å². The molecular formula is C13H14F3NO2S. The predicted octanol–water partition coefficient (Wildman–Crippen LogP) is 2.86. The Bertz CT molecular complexity index is 473. The van der Waals surface area contributed by atoms with Gasteiger partial charge >= 0.3 is 6.36 Å². The van der Waals surface area contributed by atoms with Gasteiger partial charge in [0.05, 0.1) is 0 Å². The summed E-state index contributed by atoms with van der Waals surface area (Å²) in [5.74, 6) is 1.30. The van der Waals surface area contributed by atoms with Crippen molar-refractivity contribution in [3.05, 3.63) is 29.8 Å². The van der Waals surface area contributed by atoms with E-state index in [2.05, 4.69) is 10.1 Å². The molecule has 110 valence electrons. The Kier molecular flexibility index (Phi) is 4.93. The number of carbonyl (C=O) groups excluding carboxylic acids is 1. The number of benzene rings is 1. The molecule has 1 N–H and O–H groups in total. The van der Waals surface area contributed by atoms with Crippen LogP contribution in [0.4, 0.5) is 13.2 Å². The number of nitrogens with one attached hydrogen (secondary N) is 1. The van der Waals surface area contributed by atoms with Crippen molar-refractivity contribution in [2.75, 3.05) is 18.1 Å². The van der Waals surface area contributed by atoms with E-state index in [0.29, 0.717) is 0 Å². The van der Waals surface area contributed by atoms with Crippen LogP contribution in [0.25, 0.3) is 0 Å². The fourth-order valence-corrected chi connectivity index (χ4v) is 2.91. The van der Waals surface area contributed by atoms with Crippen LogP contribution < -0.4 is 10.1 Å². The fraction of sp³-hybridized carbons (Fsp3) is 0.462. The van der Waals surface area contributed by atoms with Crippen LogP contribution in [-0.4, -0.2) is 36.2 Å². The van der Waals surface area contributed by atoms with E-state index in [1.165, 1.54) is 18.2 Å². The van der Waals surface area contributed by atoms with Crippen LogP contribution in [-0.2, 0) is 0 Å². The molecule has 1 saturated heterocycles. The maximum absolute atomic E-state index is 12.1. The summed E-state index contributed by atoms with van der Waals surface area (Å²) in [6.45, 7) is 0.847. The molecule has 0 aromatic heterocycles. The number of rotatable bonds is 4. The number of ether oxygens (including phenoxy) is 1. The van der Waals surface area contributed by atoms with Gasteiger partial charge in [-0.1, -0.05) is 12.1 Å². The highest BCUT2D eigenvalue weighted by Crippen LogP contribution is 2.24. The van der Waals surface area contributed by atoms with Crippen molar-refractivity contribution in [1.82, 2.24) is 5.32 Å². The van der Waals surface area contributed by atoms with Gasteiger partial charge in [0.15, 0.2) is 5.78 Å². The van der Waals surface area contributed by atoms with E-state index in [1.54, 1.807) is 11.8 Å². The number of hydrogen-bond donors (Lipinski definition) is 1. The Labute approximate surface area is 118 Å². The molecule has 3 nitrogen and oxygen atoms in total. The molecular weight excluding hydrogens is 291 g/mol. The van der Waals surface area contributed by atoms with Crippen LogP contribution in [0.5, 0.6) is 5.75 Å². The normalized spacial score (nSPS) is 19.6. The van der Waals surface area contributed by atoms with Crippen molar-refractivity contribution in [3.8, 4) is 5.75 Å². The molecule has 0 saturated carbocycles. The van der Waals surface area contributed by atoms with Crippen molar-refractivity contribution in [2.24, 2.45) is 0 Å². The van der Waals surface area contributed by atoms with E-state index in [9.17, 15) is 18.0 Å². The molecule has 1 unspecified atom stereocenters.